The first-order valence-electron chi connectivity index (χ1n) is 9.71. The second kappa shape index (κ2) is 9.60. The van der Waals surface area contributed by atoms with Crippen LogP contribution in [-0.2, 0) is 11.2 Å². The number of benzene rings is 2. The van der Waals surface area contributed by atoms with Crippen molar-refractivity contribution < 1.29 is 9.59 Å². The lowest BCUT2D eigenvalue weighted by Gasteiger charge is -2.16. The van der Waals surface area contributed by atoms with Crippen LogP contribution in [0.15, 0.2) is 48.5 Å². The average Bonchev–Trinajstić information content (AvgIpc) is 3.22. The Morgan fingerprint density at radius 2 is 1.68 bits per heavy atom. The molecule has 1 atom stereocenters. The number of nitrogens with zero attached hydrogens (tertiary/aromatic N) is 1. The zero-order valence-corrected chi connectivity index (χ0v) is 16.8. The van der Waals surface area contributed by atoms with Gasteiger partial charge in [0.05, 0.1) is 6.04 Å². The summed E-state index contributed by atoms with van der Waals surface area (Å²) in [7, 11) is 0. The molecule has 1 saturated heterocycles. The number of anilines is 1. The van der Waals surface area contributed by atoms with E-state index in [0.29, 0.717) is 11.4 Å². The Hall–Kier alpha value is -2.53. The van der Waals surface area contributed by atoms with Crippen molar-refractivity contribution in [2.24, 2.45) is 0 Å². The molecule has 6 heteroatoms. The standard InChI is InChI=1S/C22H26ClN3O2/c1-16(18-7-9-19(23)10-8-18)24-22(28)25-20-11-4-17(5-12-20)6-13-21(27)26-14-2-3-15-26/h4-5,7-12,16H,2-3,6,13-15H2,1H3,(H2,24,25,28). The number of hydrogen-bond donors (Lipinski definition) is 2. The smallest absolute Gasteiger partial charge is 0.319 e. The molecule has 3 amide bonds. The van der Waals surface area contributed by atoms with Crippen LogP contribution in [0.25, 0.3) is 0 Å². The maximum atomic E-state index is 12.2. The third-order valence-electron chi connectivity index (χ3n) is 5.02. The number of halogens is 1. The fourth-order valence-electron chi connectivity index (χ4n) is 3.33. The van der Waals surface area contributed by atoms with Crippen LogP contribution in [0.3, 0.4) is 0 Å². The van der Waals surface area contributed by atoms with E-state index < -0.39 is 0 Å². The van der Waals surface area contributed by atoms with E-state index in [4.69, 9.17) is 11.6 Å². The SMILES string of the molecule is CC(NC(=O)Nc1ccc(CCC(=O)N2CCCC2)cc1)c1ccc(Cl)cc1. The van der Waals surface area contributed by atoms with Crippen molar-refractivity contribution in [2.45, 2.75) is 38.6 Å². The highest BCUT2D eigenvalue weighted by molar-refractivity contribution is 6.30. The van der Waals surface area contributed by atoms with Crippen LogP contribution in [0, 0.1) is 0 Å². The third kappa shape index (κ3) is 5.73. The fraction of sp³-hybridized carbons (Fsp3) is 0.364. The molecule has 1 aliphatic heterocycles. The minimum Gasteiger partial charge on any atom is -0.343 e. The number of urea groups is 1. The number of carbonyl (C=O) groups excluding carboxylic acids is 2. The van der Waals surface area contributed by atoms with Crippen LogP contribution in [0.1, 0.15) is 43.4 Å². The molecular weight excluding hydrogens is 374 g/mol. The zero-order valence-electron chi connectivity index (χ0n) is 16.1. The van der Waals surface area contributed by atoms with E-state index in [1.807, 2.05) is 48.2 Å². The number of likely N-dealkylation sites (tertiary alicyclic amines) is 1. The first-order valence-corrected chi connectivity index (χ1v) is 10.1. The van der Waals surface area contributed by atoms with Crippen molar-refractivity contribution in [1.82, 2.24) is 10.2 Å². The van der Waals surface area contributed by atoms with Crippen LogP contribution < -0.4 is 10.6 Å². The van der Waals surface area contributed by atoms with Gasteiger partial charge in [-0.25, -0.2) is 4.79 Å². The highest BCUT2D eigenvalue weighted by atomic mass is 35.5. The molecule has 3 rings (SSSR count). The first kappa shape index (κ1) is 20.2. The number of rotatable bonds is 6. The van der Waals surface area contributed by atoms with Crippen molar-refractivity contribution >= 4 is 29.2 Å². The Morgan fingerprint density at radius 1 is 1.04 bits per heavy atom. The molecular formula is C22H26ClN3O2. The molecule has 28 heavy (non-hydrogen) atoms. The van der Waals surface area contributed by atoms with Gasteiger partial charge in [-0.15, -0.1) is 0 Å². The van der Waals surface area contributed by atoms with Crippen LogP contribution in [0.5, 0.6) is 0 Å². The molecule has 0 aliphatic carbocycles. The van der Waals surface area contributed by atoms with Crippen LogP contribution in [-0.4, -0.2) is 29.9 Å². The van der Waals surface area contributed by atoms with Crippen molar-refractivity contribution in [3.05, 3.63) is 64.7 Å². The molecule has 2 aromatic carbocycles. The van der Waals surface area contributed by atoms with Gasteiger partial charge in [0.2, 0.25) is 5.91 Å². The average molecular weight is 400 g/mol. The molecule has 5 nitrogen and oxygen atoms in total. The topological polar surface area (TPSA) is 61.4 Å². The second-order valence-electron chi connectivity index (χ2n) is 7.16. The molecule has 1 unspecified atom stereocenters. The summed E-state index contributed by atoms with van der Waals surface area (Å²) in [5, 5.41) is 6.42. The summed E-state index contributed by atoms with van der Waals surface area (Å²) >= 11 is 5.89. The molecule has 0 spiro atoms. The van der Waals surface area contributed by atoms with Crippen LogP contribution in [0.4, 0.5) is 10.5 Å². The summed E-state index contributed by atoms with van der Waals surface area (Å²) in [5.41, 5.74) is 2.79. The van der Waals surface area contributed by atoms with E-state index in [1.165, 1.54) is 0 Å². The van der Waals surface area contributed by atoms with Gasteiger partial charge in [-0.2, -0.15) is 0 Å². The normalized spacial score (nSPS) is 14.6. The lowest BCUT2D eigenvalue weighted by atomic mass is 10.1. The molecule has 0 radical (unpaired) electrons. The molecule has 1 aliphatic rings. The Balaban J connectivity index is 1.46. The third-order valence-corrected chi connectivity index (χ3v) is 5.27. The predicted octanol–water partition coefficient (Wildman–Crippen LogP) is 4.78. The lowest BCUT2D eigenvalue weighted by molar-refractivity contribution is -0.130. The second-order valence-corrected chi connectivity index (χ2v) is 7.59. The van der Waals surface area contributed by atoms with E-state index in [0.717, 1.165) is 49.2 Å². The predicted molar refractivity (Wildman–Crippen MR) is 113 cm³/mol. The molecule has 0 aromatic heterocycles. The molecule has 0 saturated carbocycles. The van der Waals surface area contributed by atoms with E-state index >= 15 is 0 Å². The van der Waals surface area contributed by atoms with Gasteiger partial charge < -0.3 is 15.5 Å². The Morgan fingerprint density at radius 3 is 2.32 bits per heavy atom. The van der Waals surface area contributed by atoms with Gasteiger partial charge >= 0.3 is 6.03 Å². The van der Waals surface area contributed by atoms with Crippen molar-refractivity contribution in [3.8, 4) is 0 Å². The quantitative estimate of drug-likeness (QED) is 0.734. The highest BCUT2D eigenvalue weighted by Gasteiger charge is 2.17. The van der Waals surface area contributed by atoms with E-state index in [9.17, 15) is 9.59 Å². The lowest BCUT2D eigenvalue weighted by Crippen LogP contribution is -2.31. The molecule has 2 aromatic rings. The summed E-state index contributed by atoms with van der Waals surface area (Å²) in [6, 6.07) is 14.6. The number of carbonyl (C=O) groups is 2. The zero-order chi connectivity index (χ0) is 19.9. The molecule has 2 N–H and O–H groups in total. The maximum absolute atomic E-state index is 12.2. The van der Waals surface area contributed by atoms with Crippen molar-refractivity contribution in [1.29, 1.82) is 0 Å². The summed E-state index contributed by atoms with van der Waals surface area (Å²) in [4.78, 5) is 26.3. The van der Waals surface area contributed by atoms with Gasteiger partial charge in [0.25, 0.3) is 0 Å². The summed E-state index contributed by atoms with van der Waals surface area (Å²) in [6.45, 7) is 3.71. The van der Waals surface area contributed by atoms with Gasteiger partial charge in [0.1, 0.15) is 0 Å². The Kier molecular flexibility index (Phi) is 6.93. The number of aryl methyl sites for hydroxylation is 1. The van der Waals surface area contributed by atoms with E-state index in [-0.39, 0.29) is 18.0 Å². The molecule has 0 bridgehead atoms. The van der Waals surface area contributed by atoms with Crippen LogP contribution in [0.2, 0.25) is 5.02 Å². The van der Waals surface area contributed by atoms with Crippen molar-refractivity contribution in [2.75, 3.05) is 18.4 Å². The molecule has 1 heterocycles. The van der Waals surface area contributed by atoms with Gasteiger partial charge in [-0.1, -0.05) is 35.9 Å². The van der Waals surface area contributed by atoms with Crippen molar-refractivity contribution in [3.63, 3.8) is 0 Å². The highest BCUT2D eigenvalue weighted by Crippen LogP contribution is 2.17. The molecule has 148 valence electrons. The summed E-state index contributed by atoms with van der Waals surface area (Å²) in [6.07, 6.45) is 3.48. The fourth-order valence-corrected chi connectivity index (χ4v) is 3.46. The Bertz CT molecular complexity index is 800. The minimum absolute atomic E-state index is 0.131. The van der Waals surface area contributed by atoms with Gasteiger partial charge in [0, 0.05) is 30.2 Å². The maximum Gasteiger partial charge on any atom is 0.319 e. The number of hydrogen-bond acceptors (Lipinski definition) is 2. The van der Waals surface area contributed by atoms with E-state index in [1.54, 1.807) is 12.1 Å². The Labute approximate surface area is 171 Å². The summed E-state index contributed by atoms with van der Waals surface area (Å²) in [5.74, 6) is 0.232. The number of amides is 3. The number of nitrogens with one attached hydrogen (secondary N) is 2. The summed E-state index contributed by atoms with van der Waals surface area (Å²) < 4.78 is 0. The molecule has 1 fully saturated rings. The van der Waals surface area contributed by atoms with Gasteiger partial charge in [0.15, 0.2) is 0 Å². The largest absolute Gasteiger partial charge is 0.343 e. The van der Waals surface area contributed by atoms with Gasteiger partial charge in [-0.05, 0) is 61.6 Å². The minimum atomic E-state index is -0.264. The first-order chi connectivity index (χ1) is 13.5. The van der Waals surface area contributed by atoms with Gasteiger partial charge in [-0.3, -0.25) is 4.79 Å². The van der Waals surface area contributed by atoms with E-state index in [2.05, 4.69) is 10.6 Å². The van der Waals surface area contributed by atoms with Crippen LogP contribution >= 0.6 is 11.6 Å². The monoisotopic (exact) mass is 399 g/mol.